The zero-order chi connectivity index (χ0) is 18.3. The van der Waals surface area contributed by atoms with E-state index < -0.39 is 6.04 Å². The summed E-state index contributed by atoms with van der Waals surface area (Å²) in [6.45, 7) is 10.8. The second-order valence-corrected chi connectivity index (χ2v) is 6.76. The number of ether oxygens (including phenoxy) is 2. The van der Waals surface area contributed by atoms with E-state index in [4.69, 9.17) is 15.2 Å². The van der Waals surface area contributed by atoms with Crippen LogP contribution in [0.5, 0.6) is 11.5 Å². The maximum atomic E-state index is 12.2. The van der Waals surface area contributed by atoms with Crippen LogP contribution < -0.4 is 20.5 Å². The molecule has 0 aliphatic rings. The first-order valence-electron chi connectivity index (χ1n) is 8.66. The molecule has 0 saturated heterocycles. The van der Waals surface area contributed by atoms with Crippen molar-refractivity contribution >= 4 is 5.91 Å². The summed E-state index contributed by atoms with van der Waals surface area (Å²) in [5, 5.41) is 2.97. The van der Waals surface area contributed by atoms with E-state index in [1.165, 1.54) is 0 Å². The summed E-state index contributed by atoms with van der Waals surface area (Å²) < 4.78 is 11.2. The third-order valence-electron chi connectivity index (χ3n) is 4.18. The average Bonchev–Trinajstić information content (AvgIpc) is 2.57. The van der Waals surface area contributed by atoms with E-state index in [0.29, 0.717) is 24.0 Å². The molecule has 3 N–H and O–H groups in total. The molecular formula is C19H32N2O3. The van der Waals surface area contributed by atoms with E-state index in [9.17, 15) is 4.79 Å². The van der Waals surface area contributed by atoms with Gasteiger partial charge in [0.2, 0.25) is 5.91 Å². The summed E-state index contributed by atoms with van der Waals surface area (Å²) in [5.41, 5.74) is 6.94. The lowest BCUT2D eigenvalue weighted by atomic mass is 9.98. The summed E-state index contributed by atoms with van der Waals surface area (Å²) >= 11 is 0. The monoisotopic (exact) mass is 336 g/mol. The normalized spacial score (nSPS) is 14.8. The van der Waals surface area contributed by atoms with Gasteiger partial charge in [-0.05, 0) is 36.5 Å². The van der Waals surface area contributed by atoms with Crippen LogP contribution in [-0.4, -0.2) is 25.7 Å². The molecule has 3 atom stereocenters. The summed E-state index contributed by atoms with van der Waals surface area (Å²) in [7, 11) is 1.61. The Morgan fingerprint density at radius 3 is 2.42 bits per heavy atom. The molecule has 0 aliphatic heterocycles. The van der Waals surface area contributed by atoms with Crippen molar-refractivity contribution in [3.05, 3.63) is 23.8 Å². The fraction of sp³-hybridized carbons (Fsp3) is 0.632. The molecule has 0 radical (unpaired) electrons. The smallest absolute Gasteiger partial charge is 0.237 e. The van der Waals surface area contributed by atoms with Crippen LogP contribution in [0.3, 0.4) is 0 Å². The summed E-state index contributed by atoms with van der Waals surface area (Å²) in [6, 6.07) is 5.08. The number of nitrogens with one attached hydrogen (secondary N) is 1. The van der Waals surface area contributed by atoms with Crippen LogP contribution in [-0.2, 0) is 4.79 Å². The van der Waals surface area contributed by atoms with Crippen molar-refractivity contribution in [2.45, 2.75) is 53.1 Å². The standard InChI is InChI=1S/C19H32N2O3/c1-7-13(4)18(20)19(22)21-14(5)15-8-9-16(17(10-15)23-6)24-11-12(2)3/h8-10,12-14,18H,7,11,20H2,1-6H3,(H,21,22). The zero-order valence-corrected chi connectivity index (χ0v) is 15.8. The van der Waals surface area contributed by atoms with Crippen LogP contribution in [0.4, 0.5) is 0 Å². The van der Waals surface area contributed by atoms with Crippen molar-refractivity contribution in [2.75, 3.05) is 13.7 Å². The van der Waals surface area contributed by atoms with Crippen LogP contribution in [0, 0.1) is 11.8 Å². The lowest BCUT2D eigenvalue weighted by molar-refractivity contribution is -0.124. The largest absolute Gasteiger partial charge is 0.493 e. The first-order chi connectivity index (χ1) is 11.3. The van der Waals surface area contributed by atoms with Gasteiger partial charge in [0.1, 0.15) is 0 Å². The molecule has 0 heterocycles. The highest BCUT2D eigenvalue weighted by Crippen LogP contribution is 2.30. The van der Waals surface area contributed by atoms with E-state index in [-0.39, 0.29) is 17.9 Å². The minimum Gasteiger partial charge on any atom is -0.493 e. The van der Waals surface area contributed by atoms with Crippen LogP contribution >= 0.6 is 0 Å². The van der Waals surface area contributed by atoms with E-state index in [1.54, 1.807) is 7.11 Å². The predicted molar refractivity (Wildman–Crippen MR) is 97.3 cm³/mol. The quantitative estimate of drug-likeness (QED) is 0.726. The summed E-state index contributed by atoms with van der Waals surface area (Å²) in [6.07, 6.45) is 0.874. The van der Waals surface area contributed by atoms with Gasteiger partial charge in [0.05, 0.1) is 25.8 Å². The molecule has 5 heteroatoms. The van der Waals surface area contributed by atoms with Gasteiger partial charge in [0, 0.05) is 0 Å². The van der Waals surface area contributed by atoms with Gasteiger partial charge in [-0.1, -0.05) is 40.2 Å². The van der Waals surface area contributed by atoms with Gasteiger partial charge in [-0.15, -0.1) is 0 Å². The second kappa shape index (κ2) is 9.52. The zero-order valence-electron chi connectivity index (χ0n) is 15.8. The number of benzene rings is 1. The Bertz CT molecular complexity index is 531. The Morgan fingerprint density at radius 1 is 1.21 bits per heavy atom. The predicted octanol–water partition coefficient (Wildman–Crippen LogP) is 3.28. The van der Waals surface area contributed by atoms with Gasteiger partial charge in [-0.3, -0.25) is 4.79 Å². The van der Waals surface area contributed by atoms with E-state index in [1.807, 2.05) is 39.0 Å². The lowest BCUT2D eigenvalue weighted by Crippen LogP contribution is -2.45. The molecule has 24 heavy (non-hydrogen) atoms. The number of nitrogens with two attached hydrogens (primary N) is 1. The van der Waals surface area contributed by atoms with Crippen LogP contribution in [0.25, 0.3) is 0 Å². The van der Waals surface area contributed by atoms with Gasteiger partial charge in [0.25, 0.3) is 0 Å². The molecule has 1 aromatic carbocycles. The Morgan fingerprint density at radius 2 is 1.88 bits per heavy atom. The molecule has 0 aromatic heterocycles. The first kappa shape index (κ1) is 20.3. The topological polar surface area (TPSA) is 73.6 Å². The van der Waals surface area contributed by atoms with E-state index in [0.717, 1.165) is 12.0 Å². The maximum absolute atomic E-state index is 12.2. The number of methoxy groups -OCH3 is 1. The Balaban J connectivity index is 2.80. The molecule has 0 spiro atoms. The highest BCUT2D eigenvalue weighted by atomic mass is 16.5. The van der Waals surface area contributed by atoms with Gasteiger partial charge < -0.3 is 20.5 Å². The van der Waals surface area contributed by atoms with Crippen molar-refractivity contribution in [1.82, 2.24) is 5.32 Å². The van der Waals surface area contributed by atoms with Crippen molar-refractivity contribution in [1.29, 1.82) is 0 Å². The second-order valence-electron chi connectivity index (χ2n) is 6.76. The number of carbonyl (C=O) groups is 1. The van der Waals surface area contributed by atoms with Crippen LogP contribution in [0.15, 0.2) is 18.2 Å². The molecule has 0 fully saturated rings. The lowest BCUT2D eigenvalue weighted by Gasteiger charge is -2.22. The molecule has 3 unspecified atom stereocenters. The number of hydrogen-bond acceptors (Lipinski definition) is 4. The van der Waals surface area contributed by atoms with Gasteiger partial charge in [-0.25, -0.2) is 0 Å². The van der Waals surface area contributed by atoms with Gasteiger partial charge in [-0.2, -0.15) is 0 Å². The average molecular weight is 336 g/mol. The molecule has 136 valence electrons. The maximum Gasteiger partial charge on any atom is 0.237 e. The van der Waals surface area contributed by atoms with Crippen LogP contribution in [0.2, 0.25) is 0 Å². The third-order valence-corrected chi connectivity index (χ3v) is 4.18. The fourth-order valence-electron chi connectivity index (χ4n) is 2.23. The first-order valence-corrected chi connectivity index (χ1v) is 8.66. The minimum atomic E-state index is -0.493. The number of carbonyl (C=O) groups excluding carboxylic acids is 1. The van der Waals surface area contributed by atoms with E-state index in [2.05, 4.69) is 19.2 Å². The Labute approximate surface area is 145 Å². The highest BCUT2D eigenvalue weighted by Gasteiger charge is 2.21. The van der Waals surface area contributed by atoms with Crippen molar-refractivity contribution in [2.24, 2.45) is 17.6 Å². The summed E-state index contributed by atoms with van der Waals surface area (Å²) in [5.74, 6) is 1.84. The molecule has 0 aliphatic carbocycles. The molecule has 1 amide bonds. The van der Waals surface area contributed by atoms with E-state index >= 15 is 0 Å². The molecular weight excluding hydrogens is 304 g/mol. The Hall–Kier alpha value is -1.75. The summed E-state index contributed by atoms with van der Waals surface area (Å²) in [4.78, 5) is 12.2. The van der Waals surface area contributed by atoms with Gasteiger partial charge >= 0.3 is 0 Å². The molecule has 0 bridgehead atoms. The number of amides is 1. The third kappa shape index (κ3) is 5.71. The number of rotatable bonds is 9. The SMILES string of the molecule is CCC(C)C(N)C(=O)NC(C)c1ccc(OCC(C)C)c(OC)c1. The fourth-order valence-corrected chi connectivity index (χ4v) is 2.23. The van der Waals surface area contributed by atoms with Gasteiger partial charge in [0.15, 0.2) is 11.5 Å². The van der Waals surface area contributed by atoms with Crippen molar-refractivity contribution < 1.29 is 14.3 Å². The van der Waals surface area contributed by atoms with Crippen molar-refractivity contribution in [3.63, 3.8) is 0 Å². The highest BCUT2D eigenvalue weighted by molar-refractivity contribution is 5.82. The Kier molecular flexibility index (Phi) is 8.05. The van der Waals surface area contributed by atoms with Crippen LogP contribution in [0.1, 0.15) is 52.6 Å². The molecule has 1 aromatic rings. The van der Waals surface area contributed by atoms with Crippen molar-refractivity contribution in [3.8, 4) is 11.5 Å². The minimum absolute atomic E-state index is 0.129. The molecule has 5 nitrogen and oxygen atoms in total. The molecule has 1 rings (SSSR count). The number of hydrogen-bond donors (Lipinski definition) is 2. The molecule has 0 saturated carbocycles.